The average molecular weight is 206 g/mol. The van der Waals surface area contributed by atoms with Crippen molar-refractivity contribution in [3.8, 4) is 0 Å². The number of nitrogen functional groups attached to an aromatic ring is 1. The molecule has 1 heterocycles. The van der Waals surface area contributed by atoms with E-state index in [0.29, 0.717) is 5.16 Å². The molecule has 2 rings (SSSR count). The highest BCUT2D eigenvalue weighted by Crippen LogP contribution is 2.28. The molecule has 14 heavy (non-hydrogen) atoms. The minimum absolute atomic E-state index is 0.695. The standard InChI is InChI=1S/C9H10N4S/c1-6-11-9(13-12-6)14-8-5-3-2-4-7(8)10/h2-5H,10H2,1H3,(H,11,12,13). The summed E-state index contributed by atoms with van der Waals surface area (Å²) in [5.74, 6) is 0.807. The van der Waals surface area contributed by atoms with Gasteiger partial charge in [0.1, 0.15) is 5.82 Å². The summed E-state index contributed by atoms with van der Waals surface area (Å²) in [6.07, 6.45) is 0. The maximum atomic E-state index is 5.79. The van der Waals surface area contributed by atoms with Crippen LogP contribution in [0.25, 0.3) is 0 Å². The van der Waals surface area contributed by atoms with E-state index in [0.717, 1.165) is 16.4 Å². The van der Waals surface area contributed by atoms with Crippen molar-refractivity contribution in [3.05, 3.63) is 30.1 Å². The molecule has 0 saturated heterocycles. The number of H-pyrrole nitrogens is 1. The number of hydrogen-bond acceptors (Lipinski definition) is 4. The zero-order chi connectivity index (χ0) is 9.97. The van der Waals surface area contributed by atoms with Gasteiger partial charge in [0.25, 0.3) is 0 Å². The SMILES string of the molecule is Cc1nc(Sc2ccccc2N)n[nH]1. The quantitative estimate of drug-likeness (QED) is 0.736. The molecule has 0 radical (unpaired) electrons. The van der Waals surface area contributed by atoms with Gasteiger partial charge in [-0.2, -0.15) is 0 Å². The first-order valence-corrected chi connectivity index (χ1v) is 4.99. The summed E-state index contributed by atoms with van der Waals surface area (Å²) >= 11 is 1.46. The van der Waals surface area contributed by atoms with Gasteiger partial charge in [-0.25, -0.2) is 4.98 Å². The number of hydrogen-bond donors (Lipinski definition) is 2. The summed E-state index contributed by atoms with van der Waals surface area (Å²) in [5, 5.41) is 7.50. The number of nitrogens with one attached hydrogen (secondary N) is 1. The Morgan fingerprint density at radius 2 is 2.14 bits per heavy atom. The highest BCUT2D eigenvalue weighted by Gasteiger charge is 2.04. The van der Waals surface area contributed by atoms with E-state index in [4.69, 9.17) is 5.73 Å². The molecule has 3 N–H and O–H groups in total. The molecule has 4 nitrogen and oxygen atoms in total. The number of aromatic nitrogens is 3. The van der Waals surface area contributed by atoms with Gasteiger partial charge in [-0.1, -0.05) is 12.1 Å². The van der Waals surface area contributed by atoms with Gasteiger partial charge < -0.3 is 5.73 Å². The molecule has 0 atom stereocenters. The van der Waals surface area contributed by atoms with E-state index in [1.54, 1.807) is 0 Å². The number of benzene rings is 1. The highest BCUT2D eigenvalue weighted by atomic mass is 32.2. The number of nitrogens with zero attached hydrogens (tertiary/aromatic N) is 2. The molecular weight excluding hydrogens is 196 g/mol. The van der Waals surface area contributed by atoms with Crippen LogP contribution in [0.2, 0.25) is 0 Å². The number of aromatic amines is 1. The van der Waals surface area contributed by atoms with Crippen molar-refractivity contribution < 1.29 is 0 Å². The van der Waals surface area contributed by atoms with E-state index in [1.807, 2.05) is 31.2 Å². The molecule has 1 aromatic heterocycles. The Morgan fingerprint density at radius 1 is 1.36 bits per heavy atom. The zero-order valence-corrected chi connectivity index (χ0v) is 8.51. The fraction of sp³-hybridized carbons (Fsp3) is 0.111. The smallest absolute Gasteiger partial charge is 0.213 e. The molecule has 5 heteroatoms. The third-order valence-corrected chi connectivity index (χ3v) is 2.65. The van der Waals surface area contributed by atoms with Crippen molar-refractivity contribution in [3.63, 3.8) is 0 Å². The van der Waals surface area contributed by atoms with Crippen LogP contribution in [0.15, 0.2) is 34.3 Å². The largest absolute Gasteiger partial charge is 0.398 e. The Bertz CT molecular complexity index is 438. The maximum Gasteiger partial charge on any atom is 0.213 e. The van der Waals surface area contributed by atoms with Crippen molar-refractivity contribution in [2.45, 2.75) is 17.0 Å². The molecule has 2 aromatic rings. The predicted molar refractivity (Wildman–Crippen MR) is 56.1 cm³/mol. The molecule has 0 spiro atoms. The lowest BCUT2D eigenvalue weighted by atomic mass is 10.3. The van der Waals surface area contributed by atoms with Gasteiger partial charge in [0.05, 0.1) is 0 Å². The van der Waals surface area contributed by atoms with Crippen LogP contribution in [0, 0.1) is 6.92 Å². The Morgan fingerprint density at radius 3 is 2.79 bits per heavy atom. The van der Waals surface area contributed by atoms with E-state index in [-0.39, 0.29) is 0 Å². The van der Waals surface area contributed by atoms with Crippen LogP contribution in [-0.4, -0.2) is 15.2 Å². The third-order valence-electron chi connectivity index (χ3n) is 1.70. The summed E-state index contributed by atoms with van der Waals surface area (Å²) < 4.78 is 0. The Balaban J connectivity index is 2.23. The lowest BCUT2D eigenvalue weighted by Gasteiger charge is -2.00. The van der Waals surface area contributed by atoms with Crippen molar-refractivity contribution in [1.29, 1.82) is 0 Å². The van der Waals surface area contributed by atoms with Gasteiger partial charge in [-0.05, 0) is 30.8 Å². The van der Waals surface area contributed by atoms with E-state index < -0.39 is 0 Å². The minimum atomic E-state index is 0.695. The van der Waals surface area contributed by atoms with Gasteiger partial charge in [0.2, 0.25) is 5.16 Å². The summed E-state index contributed by atoms with van der Waals surface area (Å²) in [6.45, 7) is 1.87. The van der Waals surface area contributed by atoms with Crippen LogP contribution >= 0.6 is 11.8 Å². The molecule has 0 aliphatic rings. The van der Waals surface area contributed by atoms with Crippen LogP contribution in [0.5, 0.6) is 0 Å². The Hall–Kier alpha value is -1.49. The number of aryl methyl sites for hydroxylation is 1. The van der Waals surface area contributed by atoms with Crippen LogP contribution in [-0.2, 0) is 0 Å². The first-order chi connectivity index (χ1) is 6.75. The second kappa shape index (κ2) is 3.71. The number of anilines is 1. The fourth-order valence-electron chi connectivity index (χ4n) is 1.04. The number of nitrogens with two attached hydrogens (primary N) is 1. The molecule has 1 aromatic carbocycles. The van der Waals surface area contributed by atoms with Crippen LogP contribution < -0.4 is 5.73 Å². The normalized spacial score (nSPS) is 10.4. The molecule has 0 bridgehead atoms. The minimum Gasteiger partial charge on any atom is -0.398 e. The summed E-state index contributed by atoms with van der Waals surface area (Å²) in [7, 11) is 0. The first-order valence-electron chi connectivity index (χ1n) is 4.17. The molecular formula is C9H10N4S. The van der Waals surface area contributed by atoms with Crippen LogP contribution in [0.4, 0.5) is 5.69 Å². The highest BCUT2D eigenvalue weighted by molar-refractivity contribution is 7.99. The lowest BCUT2D eigenvalue weighted by molar-refractivity contribution is 0.969. The molecule has 72 valence electrons. The number of rotatable bonds is 2. The molecule has 0 unspecified atom stereocenters. The van der Waals surface area contributed by atoms with Crippen molar-refractivity contribution in [2.75, 3.05) is 5.73 Å². The van der Waals surface area contributed by atoms with Gasteiger partial charge in [0.15, 0.2) is 0 Å². The van der Waals surface area contributed by atoms with E-state index >= 15 is 0 Å². The fourth-order valence-corrected chi connectivity index (χ4v) is 1.84. The molecule has 0 saturated carbocycles. The summed E-state index contributed by atoms with van der Waals surface area (Å²) in [6, 6.07) is 7.66. The van der Waals surface area contributed by atoms with E-state index in [1.165, 1.54) is 11.8 Å². The van der Waals surface area contributed by atoms with E-state index in [2.05, 4.69) is 15.2 Å². The van der Waals surface area contributed by atoms with Gasteiger partial charge >= 0.3 is 0 Å². The second-order valence-electron chi connectivity index (χ2n) is 2.84. The first kappa shape index (κ1) is 9.08. The molecule has 0 amide bonds. The van der Waals surface area contributed by atoms with E-state index in [9.17, 15) is 0 Å². The molecule has 0 aliphatic carbocycles. The third kappa shape index (κ3) is 1.88. The Labute approximate surface area is 85.9 Å². The predicted octanol–water partition coefficient (Wildman–Crippen LogP) is 1.85. The zero-order valence-electron chi connectivity index (χ0n) is 7.69. The van der Waals surface area contributed by atoms with Gasteiger partial charge in [-0.3, -0.25) is 5.10 Å². The topological polar surface area (TPSA) is 67.6 Å². The lowest BCUT2D eigenvalue weighted by Crippen LogP contribution is -1.87. The molecule has 0 fully saturated rings. The average Bonchev–Trinajstić information content (AvgIpc) is 2.56. The Kier molecular flexibility index (Phi) is 2.41. The number of para-hydroxylation sites is 1. The summed E-state index contributed by atoms with van der Waals surface area (Å²) in [5.41, 5.74) is 6.54. The van der Waals surface area contributed by atoms with Crippen LogP contribution in [0.1, 0.15) is 5.82 Å². The van der Waals surface area contributed by atoms with Crippen LogP contribution in [0.3, 0.4) is 0 Å². The summed E-state index contributed by atoms with van der Waals surface area (Å²) in [4.78, 5) is 5.17. The van der Waals surface area contributed by atoms with Gasteiger partial charge in [-0.15, -0.1) is 5.10 Å². The van der Waals surface area contributed by atoms with Crippen molar-refractivity contribution in [2.24, 2.45) is 0 Å². The second-order valence-corrected chi connectivity index (χ2v) is 3.85. The maximum absolute atomic E-state index is 5.79. The van der Waals surface area contributed by atoms with Crippen molar-refractivity contribution in [1.82, 2.24) is 15.2 Å². The monoisotopic (exact) mass is 206 g/mol. The van der Waals surface area contributed by atoms with Crippen molar-refractivity contribution >= 4 is 17.4 Å². The molecule has 0 aliphatic heterocycles. The van der Waals surface area contributed by atoms with Gasteiger partial charge in [0, 0.05) is 10.6 Å².